The van der Waals surface area contributed by atoms with E-state index in [1.54, 1.807) is 22.5 Å². The van der Waals surface area contributed by atoms with E-state index < -0.39 is 10.0 Å². The molecule has 2 N–H and O–H groups in total. The maximum atomic E-state index is 13.0. The number of rotatable bonds is 6. The summed E-state index contributed by atoms with van der Waals surface area (Å²) in [7, 11) is -3.50. The number of piperazine rings is 1. The van der Waals surface area contributed by atoms with Crippen molar-refractivity contribution in [3.63, 3.8) is 0 Å². The van der Waals surface area contributed by atoms with Crippen LogP contribution in [0.3, 0.4) is 0 Å². The van der Waals surface area contributed by atoms with Crippen molar-refractivity contribution in [3.8, 4) is 0 Å². The summed E-state index contributed by atoms with van der Waals surface area (Å²) in [5.74, 6) is -0.0722. The molecule has 2 saturated heterocycles. The molecule has 8 heteroatoms. The molecule has 0 spiro atoms. The van der Waals surface area contributed by atoms with Gasteiger partial charge in [-0.15, -0.1) is 0 Å². The second-order valence-electron chi connectivity index (χ2n) is 6.88. The van der Waals surface area contributed by atoms with E-state index in [-0.39, 0.29) is 12.5 Å². The van der Waals surface area contributed by atoms with Gasteiger partial charge in [-0.1, -0.05) is 24.6 Å². The van der Waals surface area contributed by atoms with Gasteiger partial charge >= 0.3 is 0 Å². The van der Waals surface area contributed by atoms with Gasteiger partial charge in [-0.3, -0.25) is 9.69 Å². The Balaban J connectivity index is 1.64. The molecule has 2 aliphatic heterocycles. The second kappa shape index (κ2) is 8.94. The van der Waals surface area contributed by atoms with Crippen molar-refractivity contribution in [2.24, 2.45) is 0 Å². The van der Waals surface area contributed by atoms with Gasteiger partial charge in [0.15, 0.2) is 0 Å². The molecule has 2 fully saturated rings. The van der Waals surface area contributed by atoms with Crippen LogP contribution in [-0.2, 0) is 21.4 Å². The van der Waals surface area contributed by atoms with Gasteiger partial charge in [0.1, 0.15) is 0 Å². The minimum atomic E-state index is -3.50. The number of nitrogens with one attached hydrogen (secondary N) is 2. The normalized spacial score (nSPS) is 20.0. The summed E-state index contributed by atoms with van der Waals surface area (Å²) < 4.78 is 27.5. The molecule has 1 aromatic rings. The van der Waals surface area contributed by atoms with Crippen molar-refractivity contribution in [2.75, 3.05) is 45.8 Å². The zero-order chi connectivity index (χ0) is 18.4. The molecular weight excluding hydrogens is 352 g/mol. The van der Waals surface area contributed by atoms with Crippen LogP contribution < -0.4 is 10.6 Å². The topological polar surface area (TPSA) is 81.8 Å². The Morgan fingerprint density at radius 1 is 1.04 bits per heavy atom. The molecule has 3 rings (SSSR count). The van der Waals surface area contributed by atoms with Crippen LogP contribution in [-0.4, -0.2) is 69.3 Å². The molecule has 0 radical (unpaired) electrons. The van der Waals surface area contributed by atoms with Gasteiger partial charge in [0.2, 0.25) is 15.9 Å². The molecule has 1 aromatic carbocycles. The first-order chi connectivity index (χ1) is 12.6. The van der Waals surface area contributed by atoms with Crippen LogP contribution in [0.25, 0.3) is 0 Å². The molecule has 0 saturated carbocycles. The zero-order valence-electron chi connectivity index (χ0n) is 15.1. The number of carbonyl (C=O) groups excluding carboxylic acids is 1. The third-order valence-corrected chi connectivity index (χ3v) is 6.96. The van der Waals surface area contributed by atoms with E-state index in [9.17, 15) is 13.2 Å². The van der Waals surface area contributed by atoms with Gasteiger partial charge in [-0.25, -0.2) is 8.42 Å². The van der Waals surface area contributed by atoms with Crippen LogP contribution in [0.5, 0.6) is 0 Å². The lowest BCUT2D eigenvalue weighted by atomic mass is 10.2. The second-order valence-corrected chi connectivity index (χ2v) is 8.78. The summed E-state index contributed by atoms with van der Waals surface area (Å²) in [4.78, 5) is 14.6. The zero-order valence-corrected chi connectivity index (χ0v) is 15.9. The molecule has 0 unspecified atom stereocenters. The fraction of sp³-hybridized carbons (Fsp3) is 0.611. The Morgan fingerprint density at radius 2 is 1.73 bits per heavy atom. The Morgan fingerprint density at radius 3 is 2.46 bits per heavy atom. The Kier molecular flexibility index (Phi) is 6.63. The quantitative estimate of drug-likeness (QED) is 0.746. The number of amides is 1. The predicted molar refractivity (Wildman–Crippen MR) is 100 cm³/mol. The number of carbonyl (C=O) groups is 1. The molecule has 0 aromatic heterocycles. The highest BCUT2D eigenvalue weighted by molar-refractivity contribution is 7.89. The summed E-state index contributed by atoms with van der Waals surface area (Å²) in [6.07, 6.45) is 2.89. The number of hydrogen-bond acceptors (Lipinski definition) is 5. The monoisotopic (exact) mass is 380 g/mol. The van der Waals surface area contributed by atoms with Crippen molar-refractivity contribution in [1.82, 2.24) is 19.8 Å². The van der Waals surface area contributed by atoms with Crippen molar-refractivity contribution < 1.29 is 13.2 Å². The molecule has 0 atom stereocenters. The molecule has 2 heterocycles. The van der Waals surface area contributed by atoms with E-state index in [0.717, 1.165) is 45.4 Å². The SMILES string of the molecule is O=C(CN1CCNCC1)NCc1ccccc1S(=O)(=O)N1CCCCC1. The average molecular weight is 381 g/mol. The van der Waals surface area contributed by atoms with E-state index in [4.69, 9.17) is 0 Å². The van der Waals surface area contributed by atoms with Crippen LogP contribution >= 0.6 is 0 Å². The maximum Gasteiger partial charge on any atom is 0.243 e. The smallest absolute Gasteiger partial charge is 0.243 e. The number of piperidine rings is 1. The van der Waals surface area contributed by atoms with E-state index in [2.05, 4.69) is 15.5 Å². The standard InChI is InChI=1S/C18H28N4O3S/c23-18(15-21-12-8-19-9-13-21)20-14-16-6-2-3-7-17(16)26(24,25)22-10-4-1-5-11-22/h2-3,6-7,19H,1,4-5,8-15H2,(H,20,23). The van der Waals surface area contributed by atoms with E-state index in [0.29, 0.717) is 30.1 Å². The van der Waals surface area contributed by atoms with Crippen LogP contribution in [0.4, 0.5) is 0 Å². The summed E-state index contributed by atoms with van der Waals surface area (Å²) in [5.41, 5.74) is 0.645. The molecule has 7 nitrogen and oxygen atoms in total. The molecule has 0 aliphatic carbocycles. The average Bonchev–Trinajstić information content (AvgIpc) is 2.68. The molecular formula is C18H28N4O3S. The van der Waals surface area contributed by atoms with Crippen molar-refractivity contribution in [3.05, 3.63) is 29.8 Å². The minimum Gasteiger partial charge on any atom is -0.351 e. The van der Waals surface area contributed by atoms with Gasteiger partial charge in [-0.2, -0.15) is 4.31 Å². The largest absolute Gasteiger partial charge is 0.351 e. The summed E-state index contributed by atoms with van der Waals surface area (Å²) in [6, 6.07) is 6.97. The number of hydrogen-bond donors (Lipinski definition) is 2. The van der Waals surface area contributed by atoms with Gasteiger partial charge < -0.3 is 10.6 Å². The van der Waals surface area contributed by atoms with Gasteiger partial charge in [-0.05, 0) is 24.5 Å². The molecule has 2 aliphatic rings. The van der Waals surface area contributed by atoms with Crippen LogP contribution in [0.2, 0.25) is 0 Å². The Hall–Kier alpha value is -1.48. The van der Waals surface area contributed by atoms with Crippen LogP contribution in [0, 0.1) is 0 Å². The number of nitrogens with zero attached hydrogens (tertiary/aromatic N) is 2. The van der Waals surface area contributed by atoms with Gasteiger partial charge in [0.05, 0.1) is 11.4 Å². The van der Waals surface area contributed by atoms with Crippen molar-refractivity contribution in [2.45, 2.75) is 30.7 Å². The maximum absolute atomic E-state index is 13.0. The number of benzene rings is 1. The first kappa shape index (κ1) is 19.3. The highest BCUT2D eigenvalue weighted by atomic mass is 32.2. The van der Waals surface area contributed by atoms with Crippen molar-refractivity contribution >= 4 is 15.9 Å². The summed E-state index contributed by atoms with van der Waals surface area (Å²) in [5, 5.41) is 6.13. The lowest BCUT2D eigenvalue weighted by Crippen LogP contribution is -2.47. The van der Waals surface area contributed by atoms with E-state index in [1.807, 2.05) is 6.07 Å². The summed E-state index contributed by atoms with van der Waals surface area (Å²) >= 11 is 0. The van der Waals surface area contributed by atoms with E-state index in [1.165, 1.54) is 0 Å². The predicted octanol–water partition coefficient (Wildman–Crippen LogP) is 0.383. The molecule has 0 bridgehead atoms. The third-order valence-electron chi connectivity index (χ3n) is 4.96. The first-order valence-corrected chi connectivity index (χ1v) is 10.8. The Bertz CT molecular complexity index is 711. The lowest BCUT2D eigenvalue weighted by molar-refractivity contribution is -0.122. The first-order valence-electron chi connectivity index (χ1n) is 9.35. The highest BCUT2D eigenvalue weighted by Gasteiger charge is 2.28. The summed E-state index contributed by atoms with van der Waals surface area (Å²) in [6.45, 7) is 5.23. The van der Waals surface area contributed by atoms with Crippen LogP contribution in [0.15, 0.2) is 29.2 Å². The van der Waals surface area contributed by atoms with Gasteiger partial charge in [0.25, 0.3) is 0 Å². The third kappa shape index (κ3) is 4.82. The number of sulfonamides is 1. The molecule has 144 valence electrons. The fourth-order valence-electron chi connectivity index (χ4n) is 3.47. The Labute approximate surface area is 155 Å². The fourth-order valence-corrected chi connectivity index (χ4v) is 5.21. The molecule has 1 amide bonds. The van der Waals surface area contributed by atoms with Crippen LogP contribution in [0.1, 0.15) is 24.8 Å². The molecule has 26 heavy (non-hydrogen) atoms. The van der Waals surface area contributed by atoms with Gasteiger partial charge in [0, 0.05) is 45.8 Å². The van der Waals surface area contributed by atoms with Crippen molar-refractivity contribution in [1.29, 1.82) is 0 Å². The highest BCUT2D eigenvalue weighted by Crippen LogP contribution is 2.23. The van der Waals surface area contributed by atoms with E-state index >= 15 is 0 Å². The minimum absolute atomic E-state index is 0.0722. The lowest BCUT2D eigenvalue weighted by Gasteiger charge is -2.27.